The number of benzene rings is 2. The molecule has 0 aliphatic rings. The van der Waals surface area contributed by atoms with Crippen LogP contribution in [-0.2, 0) is 21.9 Å². The number of nitrogens with zero attached hydrogens (tertiary/aromatic N) is 1. The first kappa shape index (κ1) is 25.2. The van der Waals surface area contributed by atoms with Crippen LogP contribution < -0.4 is 5.32 Å². The zero-order valence-corrected chi connectivity index (χ0v) is 19.8. The number of carbonyl (C=O) groups is 2. The minimum absolute atomic E-state index is 0.0350. The Labute approximate surface area is 193 Å². The Morgan fingerprint density at radius 1 is 1.10 bits per heavy atom. The second-order valence-corrected chi connectivity index (χ2v) is 8.83. The maximum absolute atomic E-state index is 14.0. The molecule has 0 saturated carbocycles. The van der Waals surface area contributed by atoms with E-state index in [1.54, 1.807) is 17.0 Å². The summed E-state index contributed by atoms with van der Waals surface area (Å²) in [6.07, 6.45) is 1.32. The van der Waals surface area contributed by atoms with Crippen LogP contribution in [0.5, 0.6) is 0 Å². The first-order valence-corrected chi connectivity index (χ1v) is 12.0. The van der Waals surface area contributed by atoms with Crippen molar-refractivity contribution in [3.05, 3.63) is 70.5 Å². The summed E-state index contributed by atoms with van der Waals surface area (Å²) in [5.74, 6) is -0.277. The van der Waals surface area contributed by atoms with Gasteiger partial charge >= 0.3 is 0 Å². The molecular weight excluding hydrogens is 435 g/mol. The molecule has 0 aliphatic carbocycles. The molecule has 0 radical (unpaired) electrons. The van der Waals surface area contributed by atoms with Gasteiger partial charge in [0.15, 0.2) is 0 Å². The fraction of sp³-hybridized carbons (Fsp3) is 0.417. The summed E-state index contributed by atoms with van der Waals surface area (Å²) in [6, 6.07) is 13.6. The molecule has 2 amide bonds. The van der Waals surface area contributed by atoms with E-state index in [4.69, 9.17) is 11.6 Å². The maximum Gasteiger partial charge on any atom is 0.243 e. The molecule has 31 heavy (non-hydrogen) atoms. The third-order valence-corrected chi connectivity index (χ3v) is 6.41. The lowest BCUT2D eigenvalue weighted by Crippen LogP contribution is -2.51. The molecule has 1 N–H and O–H groups in total. The van der Waals surface area contributed by atoms with E-state index in [9.17, 15) is 14.0 Å². The van der Waals surface area contributed by atoms with Gasteiger partial charge in [0.2, 0.25) is 11.8 Å². The highest BCUT2D eigenvalue weighted by Gasteiger charge is 2.29. The van der Waals surface area contributed by atoms with Gasteiger partial charge in [-0.05, 0) is 37.5 Å². The predicted molar refractivity (Wildman–Crippen MR) is 127 cm³/mol. The Kier molecular flexibility index (Phi) is 10.3. The van der Waals surface area contributed by atoms with Gasteiger partial charge in [-0.3, -0.25) is 9.59 Å². The summed E-state index contributed by atoms with van der Waals surface area (Å²) in [4.78, 5) is 27.7. The van der Waals surface area contributed by atoms with Crippen LogP contribution in [0.25, 0.3) is 0 Å². The van der Waals surface area contributed by atoms with Crippen molar-refractivity contribution in [3.8, 4) is 0 Å². The highest BCUT2D eigenvalue weighted by Crippen LogP contribution is 2.24. The molecule has 0 saturated heterocycles. The minimum Gasteiger partial charge on any atom is -0.352 e. The number of amides is 2. The minimum atomic E-state index is -0.570. The molecule has 2 unspecified atom stereocenters. The van der Waals surface area contributed by atoms with E-state index in [1.807, 2.05) is 51.1 Å². The van der Waals surface area contributed by atoms with Gasteiger partial charge in [0.25, 0.3) is 0 Å². The summed E-state index contributed by atoms with van der Waals surface area (Å²) < 4.78 is 14.0. The lowest BCUT2D eigenvalue weighted by atomic mass is 10.1. The summed E-state index contributed by atoms with van der Waals surface area (Å²) in [7, 11) is 0. The lowest BCUT2D eigenvalue weighted by Gasteiger charge is -2.31. The fourth-order valence-electron chi connectivity index (χ4n) is 3.13. The molecule has 0 aromatic heterocycles. The Balaban J connectivity index is 2.14. The van der Waals surface area contributed by atoms with E-state index >= 15 is 0 Å². The van der Waals surface area contributed by atoms with Crippen LogP contribution in [0.2, 0.25) is 5.02 Å². The van der Waals surface area contributed by atoms with Crippen LogP contribution >= 0.6 is 23.4 Å². The number of nitrogens with one attached hydrogen (secondary N) is 1. The van der Waals surface area contributed by atoms with E-state index in [-0.39, 0.29) is 35.2 Å². The number of halogens is 2. The Hall–Kier alpha value is -2.05. The van der Waals surface area contributed by atoms with Crippen LogP contribution in [-0.4, -0.2) is 34.6 Å². The number of thioether (sulfide) groups is 1. The van der Waals surface area contributed by atoms with Crippen molar-refractivity contribution in [2.24, 2.45) is 0 Å². The van der Waals surface area contributed by atoms with Gasteiger partial charge in [-0.2, -0.15) is 0 Å². The second kappa shape index (κ2) is 12.7. The molecule has 2 aromatic rings. The quantitative estimate of drug-likeness (QED) is 0.482. The Morgan fingerprint density at radius 2 is 1.81 bits per heavy atom. The van der Waals surface area contributed by atoms with Crippen LogP contribution in [0.1, 0.15) is 44.7 Å². The average molecular weight is 465 g/mol. The zero-order valence-electron chi connectivity index (χ0n) is 18.2. The summed E-state index contributed by atoms with van der Waals surface area (Å²) in [5, 5.41) is 3.34. The summed E-state index contributed by atoms with van der Waals surface area (Å²) >= 11 is 7.38. The van der Waals surface area contributed by atoms with Crippen molar-refractivity contribution in [2.45, 2.75) is 58.0 Å². The maximum atomic E-state index is 14.0. The van der Waals surface area contributed by atoms with Gasteiger partial charge in [0.05, 0.1) is 5.75 Å². The Morgan fingerprint density at radius 3 is 2.42 bits per heavy atom. The fourth-order valence-corrected chi connectivity index (χ4v) is 4.38. The molecule has 0 heterocycles. The third-order valence-electron chi connectivity index (χ3n) is 5.12. The van der Waals surface area contributed by atoms with Crippen LogP contribution in [0, 0.1) is 5.82 Å². The molecule has 2 atom stereocenters. The van der Waals surface area contributed by atoms with Gasteiger partial charge < -0.3 is 10.2 Å². The molecule has 4 nitrogen and oxygen atoms in total. The molecule has 168 valence electrons. The molecule has 7 heteroatoms. The van der Waals surface area contributed by atoms with Crippen LogP contribution in [0.15, 0.2) is 48.5 Å². The number of hydrogen-bond acceptors (Lipinski definition) is 3. The van der Waals surface area contributed by atoms with E-state index in [0.717, 1.165) is 12.0 Å². The first-order valence-electron chi connectivity index (χ1n) is 10.5. The second-order valence-electron chi connectivity index (χ2n) is 7.44. The molecule has 0 bridgehead atoms. The normalized spacial score (nSPS) is 12.8. The molecular formula is C24H30ClFN2O2S. The van der Waals surface area contributed by atoms with Crippen molar-refractivity contribution in [1.82, 2.24) is 10.2 Å². The van der Waals surface area contributed by atoms with E-state index < -0.39 is 6.04 Å². The highest BCUT2D eigenvalue weighted by atomic mass is 35.5. The smallest absolute Gasteiger partial charge is 0.243 e. The van der Waals surface area contributed by atoms with E-state index in [0.29, 0.717) is 23.6 Å². The largest absolute Gasteiger partial charge is 0.352 e. The molecule has 0 aliphatic heterocycles. The predicted octanol–water partition coefficient (Wildman–Crippen LogP) is 5.43. The van der Waals surface area contributed by atoms with Crippen molar-refractivity contribution >= 4 is 35.2 Å². The summed E-state index contributed by atoms with van der Waals surface area (Å²) in [6.45, 7) is 6.19. The molecule has 2 rings (SSSR count). The van der Waals surface area contributed by atoms with Crippen molar-refractivity contribution in [2.75, 3.05) is 5.75 Å². The lowest BCUT2D eigenvalue weighted by molar-refractivity contribution is -0.139. The standard InChI is InChI=1S/C24H30ClFN2O2S/c1-4-17(3)27-24(30)22(5-2)28(14-18-10-7-6-8-11-18)23(29)16-31-15-19-20(25)12-9-13-21(19)26/h6-13,17,22H,4-5,14-16H2,1-3H3,(H,27,30). The van der Waals surface area contributed by atoms with Crippen molar-refractivity contribution < 1.29 is 14.0 Å². The number of rotatable bonds is 11. The van der Waals surface area contributed by atoms with Gasteiger partial charge in [-0.15, -0.1) is 11.8 Å². The van der Waals surface area contributed by atoms with E-state index in [1.165, 1.54) is 17.8 Å². The van der Waals surface area contributed by atoms with Crippen LogP contribution in [0.4, 0.5) is 4.39 Å². The first-order chi connectivity index (χ1) is 14.9. The SMILES string of the molecule is CCC(C)NC(=O)C(CC)N(Cc1ccccc1)C(=O)CSCc1c(F)cccc1Cl. The third kappa shape index (κ3) is 7.54. The monoisotopic (exact) mass is 464 g/mol. The van der Waals surface area contributed by atoms with Gasteiger partial charge in [0.1, 0.15) is 11.9 Å². The summed E-state index contributed by atoms with van der Waals surface area (Å²) in [5.41, 5.74) is 1.34. The van der Waals surface area contributed by atoms with Gasteiger partial charge in [-0.25, -0.2) is 4.39 Å². The van der Waals surface area contributed by atoms with E-state index in [2.05, 4.69) is 5.32 Å². The number of carbonyl (C=O) groups excluding carboxylic acids is 2. The van der Waals surface area contributed by atoms with Crippen LogP contribution in [0.3, 0.4) is 0 Å². The highest BCUT2D eigenvalue weighted by molar-refractivity contribution is 7.99. The molecule has 2 aromatic carbocycles. The topological polar surface area (TPSA) is 49.4 Å². The van der Waals surface area contributed by atoms with Gasteiger partial charge in [-0.1, -0.05) is 61.8 Å². The molecule has 0 spiro atoms. The van der Waals surface area contributed by atoms with Crippen molar-refractivity contribution in [3.63, 3.8) is 0 Å². The van der Waals surface area contributed by atoms with Gasteiger partial charge in [0, 0.05) is 28.9 Å². The number of hydrogen-bond donors (Lipinski definition) is 1. The zero-order chi connectivity index (χ0) is 22.8. The van der Waals surface area contributed by atoms with Crippen molar-refractivity contribution in [1.29, 1.82) is 0 Å². The molecule has 0 fully saturated rings. The average Bonchev–Trinajstić information content (AvgIpc) is 2.76. The Bertz CT molecular complexity index is 846.